The van der Waals surface area contributed by atoms with E-state index in [0.29, 0.717) is 13.1 Å². The number of nitrogens with zero attached hydrogens (tertiary/aromatic N) is 2. The molecule has 0 saturated heterocycles. The standard InChI is InChI=1S/C14H17F2N3S/c1-3-5-17-13-11(15)7-12(16)14(18-13)19(2)8-10-4-6-20-9-10/h4,6-7,9H,3,5,8H2,1-2H3,(H,17,18). The van der Waals surface area contributed by atoms with Crippen LogP contribution < -0.4 is 10.2 Å². The Balaban J connectivity index is 2.21. The van der Waals surface area contributed by atoms with Crippen LogP contribution >= 0.6 is 11.3 Å². The number of thiophene rings is 1. The number of halogens is 2. The first-order valence-corrected chi connectivity index (χ1v) is 7.38. The van der Waals surface area contributed by atoms with Crippen molar-refractivity contribution in [3.05, 3.63) is 40.1 Å². The van der Waals surface area contributed by atoms with Crippen molar-refractivity contribution in [3.8, 4) is 0 Å². The molecule has 0 aliphatic heterocycles. The maximum Gasteiger partial charge on any atom is 0.168 e. The molecular weight excluding hydrogens is 280 g/mol. The van der Waals surface area contributed by atoms with Gasteiger partial charge in [-0.05, 0) is 28.8 Å². The van der Waals surface area contributed by atoms with Crippen LogP contribution in [0.1, 0.15) is 18.9 Å². The van der Waals surface area contributed by atoms with Crippen molar-refractivity contribution in [1.82, 2.24) is 4.98 Å². The molecule has 108 valence electrons. The predicted octanol–water partition coefficient (Wildman–Crippen LogP) is 3.88. The molecule has 0 spiro atoms. The smallest absolute Gasteiger partial charge is 0.168 e. The lowest BCUT2D eigenvalue weighted by atomic mass is 10.3. The van der Waals surface area contributed by atoms with Crippen LogP contribution in [0.4, 0.5) is 20.4 Å². The lowest BCUT2D eigenvalue weighted by molar-refractivity contribution is 0.572. The fourth-order valence-corrected chi connectivity index (χ4v) is 2.48. The molecule has 0 radical (unpaired) electrons. The molecule has 0 bridgehead atoms. The molecule has 0 atom stereocenters. The minimum atomic E-state index is -0.663. The molecule has 3 nitrogen and oxygen atoms in total. The Hall–Kier alpha value is -1.69. The number of hydrogen-bond donors (Lipinski definition) is 1. The second-order valence-corrected chi connectivity index (χ2v) is 5.32. The normalized spacial score (nSPS) is 10.6. The fourth-order valence-electron chi connectivity index (χ4n) is 1.82. The maximum absolute atomic E-state index is 13.9. The maximum atomic E-state index is 13.9. The molecule has 2 aromatic heterocycles. The van der Waals surface area contributed by atoms with Gasteiger partial charge in [-0.15, -0.1) is 0 Å². The number of anilines is 2. The summed E-state index contributed by atoms with van der Waals surface area (Å²) < 4.78 is 27.5. The predicted molar refractivity (Wildman–Crippen MR) is 79.4 cm³/mol. The molecular formula is C14H17F2N3S. The Morgan fingerprint density at radius 3 is 2.80 bits per heavy atom. The first-order valence-electron chi connectivity index (χ1n) is 6.44. The topological polar surface area (TPSA) is 28.2 Å². The number of hydrogen-bond acceptors (Lipinski definition) is 4. The molecule has 0 saturated carbocycles. The van der Waals surface area contributed by atoms with Crippen molar-refractivity contribution in [3.63, 3.8) is 0 Å². The Bertz CT molecular complexity index is 558. The summed E-state index contributed by atoms with van der Waals surface area (Å²) in [5, 5.41) is 6.82. The van der Waals surface area contributed by atoms with E-state index in [4.69, 9.17) is 0 Å². The largest absolute Gasteiger partial charge is 0.368 e. The molecule has 20 heavy (non-hydrogen) atoms. The summed E-state index contributed by atoms with van der Waals surface area (Å²) in [6, 6.07) is 2.85. The van der Waals surface area contributed by atoms with Crippen LogP contribution in [-0.4, -0.2) is 18.6 Å². The van der Waals surface area contributed by atoms with E-state index >= 15 is 0 Å². The minimum Gasteiger partial charge on any atom is -0.368 e. The monoisotopic (exact) mass is 297 g/mol. The van der Waals surface area contributed by atoms with Crippen molar-refractivity contribution in [1.29, 1.82) is 0 Å². The van der Waals surface area contributed by atoms with Gasteiger partial charge in [0.15, 0.2) is 23.3 Å². The highest BCUT2D eigenvalue weighted by Gasteiger charge is 2.15. The molecule has 0 fully saturated rings. The van der Waals surface area contributed by atoms with Crippen LogP contribution in [0.2, 0.25) is 0 Å². The van der Waals surface area contributed by atoms with Gasteiger partial charge < -0.3 is 10.2 Å². The van der Waals surface area contributed by atoms with Crippen LogP contribution in [-0.2, 0) is 6.54 Å². The van der Waals surface area contributed by atoms with E-state index in [1.165, 1.54) is 0 Å². The Labute approximate surface area is 121 Å². The highest BCUT2D eigenvalue weighted by molar-refractivity contribution is 7.07. The summed E-state index contributed by atoms with van der Waals surface area (Å²) >= 11 is 1.58. The van der Waals surface area contributed by atoms with Gasteiger partial charge in [-0.1, -0.05) is 6.92 Å². The van der Waals surface area contributed by atoms with Crippen molar-refractivity contribution in [2.45, 2.75) is 19.9 Å². The first-order chi connectivity index (χ1) is 9.61. The van der Waals surface area contributed by atoms with Gasteiger partial charge in [0.2, 0.25) is 0 Å². The third-order valence-electron chi connectivity index (χ3n) is 2.81. The summed E-state index contributed by atoms with van der Waals surface area (Å²) in [6.45, 7) is 3.10. The molecule has 2 heterocycles. The zero-order valence-electron chi connectivity index (χ0n) is 11.5. The van der Waals surface area contributed by atoms with Crippen LogP contribution in [0.5, 0.6) is 0 Å². The van der Waals surface area contributed by atoms with Gasteiger partial charge in [0.1, 0.15) is 0 Å². The third kappa shape index (κ3) is 3.45. The van der Waals surface area contributed by atoms with Crippen molar-refractivity contribution in [2.24, 2.45) is 0 Å². The van der Waals surface area contributed by atoms with Gasteiger partial charge in [0, 0.05) is 26.2 Å². The number of aromatic nitrogens is 1. The second-order valence-electron chi connectivity index (χ2n) is 4.54. The molecule has 0 aliphatic rings. The highest BCUT2D eigenvalue weighted by atomic mass is 32.1. The van der Waals surface area contributed by atoms with Gasteiger partial charge in [-0.3, -0.25) is 0 Å². The molecule has 1 N–H and O–H groups in total. The van der Waals surface area contributed by atoms with Crippen LogP contribution in [0.15, 0.2) is 22.9 Å². The molecule has 2 rings (SSSR count). The number of pyridine rings is 1. The Morgan fingerprint density at radius 2 is 2.15 bits per heavy atom. The van der Waals surface area contributed by atoms with Crippen molar-refractivity contribution in [2.75, 3.05) is 23.8 Å². The SMILES string of the molecule is CCCNc1nc(N(C)Cc2ccsc2)c(F)cc1F. The fraction of sp³-hybridized carbons (Fsp3) is 0.357. The van der Waals surface area contributed by atoms with E-state index in [0.717, 1.165) is 18.1 Å². The van der Waals surface area contributed by atoms with Gasteiger partial charge in [0.25, 0.3) is 0 Å². The van der Waals surface area contributed by atoms with Gasteiger partial charge in [-0.2, -0.15) is 11.3 Å². The van der Waals surface area contributed by atoms with Crippen molar-refractivity contribution < 1.29 is 8.78 Å². The van der Waals surface area contributed by atoms with Gasteiger partial charge >= 0.3 is 0 Å². The quantitative estimate of drug-likeness (QED) is 0.877. The first kappa shape index (κ1) is 14.7. The Morgan fingerprint density at radius 1 is 1.35 bits per heavy atom. The average molecular weight is 297 g/mol. The second kappa shape index (κ2) is 6.65. The van der Waals surface area contributed by atoms with E-state index in [9.17, 15) is 8.78 Å². The number of rotatable bonds is 6. The third-order valence-corrected chi connectivity index (χ3v) is 3.55. The molecule has 0 unspecified atom stereocenters. The average Bonchev–Trinajstić information content (AvgIpc) is 2.90. The van der Waals surface area contributed by atoms with E-state index in [1.54, 1.807) is 23.3 Å². The summed E-state index contributed by atoms with van der Waals surface area (Å²) in [5.74, 6) is -1.07. The Kier molecular flexibility index (Phi) is 4.89. The summed E-state index contributed by atoms with van der Waals surface area (Å²) in [4.78, 5) is 5.73. The molecule has 2 aromatic rings. The summed E-state index contributed by atoms with van der Waals surface area (Å²) in [5.41, 5.74) is 1.08. The van der Waals surface area contributed by atoms with E-state index < -0.39 is 11.6 Å². The molecule has 0 amide bonds. The van der Waals surface area contributed by atoms with E-state index in [1.807, 2.05) is 23.8 Å². The van der Waals surface area contributed by atoms with Crippen LogP contribution in [0.25, 0.3) is 0 Å². The van der Waals surface area contributed by atoms with E-state index in [2.05, 4.69) is 10.3 Å². The number of nitrogens with one attached hydrogen (secondary N) is 1. The van der Waals surface area contributed by atoms with Gasteiger partial charge in [0.05, 0.1) is 0 Å². The minimum absolute atomic E-state index is 0.0976. The van der Waals surface area contributed by atoms with Crippen molar-refractivity contribution >= 4 is 23.0 Å². The van der Waals surface area contributed by atoms with Crippen LogP contribution in [0, 0.1) is 11.6 Å². The lowest BCUT2D eigenvalue weighted by Gasteiger charge is -2.19. The summed E-state index contributed by atoms with van der Waals surface area (Å²) in [6.07, 6.45) is 0.846. The highest BCUT2D eigenvalue weighted by Crippen LogP contribution is 2.23. The molecule has 6 heteroatoms. The zero-order valence-corrected chi connectivity index (χ0v) is 12.3. The lowest BCUT2D eigenvalue weighted by Crippen LogP contribution is -2.20. The van der Waals surface area contributed by atoms with Crippen LogP contribution in [0.3, 0.4) is 0 Å². The zero-order chi connectivity index (χ0) is 14.5. The van der Waals surface area contributed by atoms with Gasteiger partial charge in [-0.25, -0.2) is 13.8 Å². The van der Waals surface area contributed by atoms with E-state index in [-0.39, 0.29) is 11.6 Å². The molecule has 0 aromatic carbocycles. The summed E-state index contributed by atoms with van der Waals surface area (Å²) in [7, 11) is 1.74. The molecule has 0 aliphatic carbocycles.